The van der Waals surface area contributed by atoms with Crippen molar-refractivity contribution < 1.29 is 9.53 Å². The lowest BCUT2D eigenvalue weighted by atomic mass is 10.1. The summed E-state index contributed by atoms with van der Waals surface area (Å²) in [5, 5.41) is 6.82. The molecule has 0 saturated carbocycles. The van der Waals surface area contributed by atoms with Crippen LogP contribution in [0.2, 0.25) is 0 Å². The third-order valence-electron chi connectivity index (χ3n) is 5.50. The van der Waals surface area contributed by atoms with Crippen LogP contribution in [0.4, 0.5) is 0 Å². The molecule has 2 aromatic rings. The summed E-state index contributed by atoms with van der Waals surface area (Å²) in [5.41, 5.74) is 8.06. The predicted octanol–water partition coefficient (Wildman–Crippen LogP) is 3.30. The van der Waals surface area contributed by atoms with E-state index >= 15 is 0 Å². The molecule has 1 aliphatic rings. The average molecular weight is 551 g/mol. The molecule has 0 aromatic heterocycles. The molecule has 2 aromatic carbocycles. The first-order valence-corrected chi connectivity index (χ1v) is 10.9. The summed E-state index contributed by atoms with van der Waals surface area (Å²) in [5.74, 6) is 1.19. The number of nitrogens with zero attached hydrogens (tertiary/aromatic N) is 2. The van der Waals surface area contributed by atoms with Gasteiger partial charge in [-0.3, -0.25) is 9.69 Å². The minimum Gasteiger partial charge on any atom is -0.497 e. The summed E-state index contributed by atoms with van der Waals surface area (Å²) < 4.78 is 5.44. The van der Waals surface area contributed by atoms with Crippen molar-refractivity contribution in [3.05, 3.63) is 65.2 Å². The standard InChI is InChI=1S/C24H33N5O2.HI/c1-3-26-24(27-16-18-8-6-10-20(14-18)23(25)30)28-17-22(29-12-4-5-13-29)19-9-7-11-21(15-19)31-2;/h6-11,14-15,22H,3-5,12-13,16-17H2,1-2H3,(H2,25,30)(H2,26,27,28);1H. The van der Waals surface area contributed by atoms with Gasteiger partial charge in [-0.2, -0.15) is 0 Å². The molecule has 0 radical (unpaired) electrons. The van der Waals surface area contributed by atoms with Crippen molar-refractivity contribution in [3.63, 3.8) is 0 Å². The molecule has 1 atom stereocenters. The summed E-state index contributed by atoms with van der Waals surface area (Å²) in [6, 6.07) is 15.8. The molecule has 1 aliphatic heterocycles. The van der Waals surface area contributed by atoms with Crippen molar-refractivity contribution in [3.8, 4) is 5.75 Å². The lowest BCUT2D eigenvalue weighted by molar-refractivity contribution is 0.1000. The van der Waals surface area contributed by atoms with Crippen LogP contribution in [-0.2, 0) is 6.54 Å². The number of aliphatic imine (C=N–C) groups is 1. The Morgan fingerprint density at radius 2 is 1.91 bits per heavy atom. The minimum atomic E-state index is -0.428. The van der Waals surface area contributed by atoms with Gasteiger partial charge in [0.15, 0.2) is 5.96 Å². The SMILES string of the molecule is CCNC(=NCc1cccc(C(N)=O)c1)NCC(c1cccc(OC)c1)N1CCCC1.I. The Hall–Kier alpha value is -2.33. The molecule has 0 bridgehead atoms. The minimum absolute atomic E-state index is 0. The van der Waals surface area contributed by atoms with Gasteiger partial charge in [0.25, 0.3) is 0 Å². The molecule has 1 fully saturated rings. The van der Waals surface area contributed by atoms with E-state index in [0.717, 1.165) is 43.5 Å². The van der Waals surface area contributed by atoms with Gasteiger partial charge in [-0.15, -0.1) is 24.0 Å². The molecule has 0 aliphatic carbocycles. The Morgan fingerprint density at radius 3 is 2.59 bits per heavy atom. The fourth-order valence-corrected chi connectivity index (χ4v) is 3.89. The number of carbonyl (C=O) groups excluding carboxylic acids is 1. The van der Waals surface area contributed by atoms with E-state index < -0.39 is 5.91 Å². The van der Waals surface area contributed by atoms with Crippen molar-refractivity contribution in [1.29, 1.82) is 0 Å². The smallest absolute Gasteiger partial charge is 0.248 e. The van der Waals surface area contributed by atoms with Crippen LogP contribution in [0.5, 0.6) is 5.75 Å². The molecule has 1 heterocycles. The van der Waals surface area contributed by atoms with E-state index in [9.17, 15) is 4.79 Å². The number of ether oxygens (including phenoxy) is 1. The highest BCUT2D eigenvalue weighted by atomic mass is 127. The molecule has 174 valence electrons. The number of primary amides is 1. The number of methoxy groups -OCH3 is 1. The van der Waals surface area contributed by atoms with Gasteiger partial charge >= 0.3 is 0 Å². The molecule has 32 heavy (non-hydrogen) atoms. The van der Waals surface area contributed by atoms with E-state index in [4.69, 9.17) is 15.5 Å². The summed E-state index contributed by atoms with van der Waals surface area (Å²) >= 11 is 0. The highest BCUT2D eigenvalue weighted by Gasteiger charge is 2.24. The molecule has 1 saturated heterocycles. The highest BCUT2D eigenvalue weighted by molar-refractivity contribution is 14.0. The molecule has 0 spiro atoms. The van der Waals surface area contributed by atoms with E-state index in [1.807, 2.05) is 31.2 Å². The molecule has 8 heteroatoms. The van der Waals surface area contributed by atoms with Crippen LogP contribution in [0.1, 0.15) is 47.3 Å². The maximum Gasteiger partial charge on any atom is 0.248 e. The molecule has 3 rings (SSSR count). The summed E-state index contributed by atoms with van der Waals surface area (Å²) in [7, 11) is 1.70. The Bertz CT molecular complexity index is 899. The van der Waals surface area contributed by atoms with Gasteiger partial charge in [-0.1, -0.05) is 24.3 Å². The van der Waals surface area contributed by atoms with Crippen LogP contribution < -0.4 is 21.1 Å². The van der Waals surface area contributed by atoms with Crippen molar-refractivity contribution in [2.75, 3.05) is 33.3 Å². The Kier molecular flexibility index (Phi) is 10.8. The van der Waals surface area contributed by atoms with Gasteiger partial charge in [0.2, 0.25) is 5.91 Å². The second kappa shape index (κ2) is 13.3. The average Bonchev–Trinajstić information content (AvgIpc) is 3.32. The topological polar surface area (TPSA) is 92.0 Å². The van der Waals surface area contributed by atoms with Gasteiger partial charge in [-0.25, -0.2) is 4.99 Å². The quantitative estimate of drug-likeness (QED) is 0.253. The van der Waals surface area contributed by atoms with Gasteiger partial charge < -0.3 is 21.1 Å². The normalized spacial score (nSPS) is 15.0. The molecule has 1 unspecified atom stereocenters. The first kappa shape index (κ1) is 25.9. The van der Waals surface area contributed by atoms with E-state index in [1.165, 1.54) is 18.4 Å². The zero-order valence-corrected chi connectivity index (χ0v) is 21.2. The van der Waals surface area contributed by atoms with E-state index in [-0.39, 0.29) is 30.0 Å². The number of carbonyl (C=O) groups is 1. The first-order valence-electron chi connectivity index (χ1n) is 10.9. The number of hydrogen-bond donors (Lipinski definition) is 3. The van der Waals surface area contributed by atoms with Crippen LogP contribution in [0, 0.1) is 0 Å². The van der Waals surface area contributed by atoms with Gasteiger partial charge in [-0.05, 0) is 68.2 Å². The monoisotopic (exact) mass is 551 g/mol. The van der Waals surface area contributed by atoms with Crippen LogP contribution in [0.25, 0.3) is 0 Å². The lowest BCUT2D eigenvalue weighted by Gasteiger charge is -2.29. The third kappa shape index (κ3) is 7.37. The Morgan fingerprint density at radius 1 is 1.16 bits per heavy atom. The van der Waals surface area contributed by atoms with Crippen LogP contribution in [0.15, 0.2) is 53.5 Å². The molecule has 1 amide bonds. The fourth-order valence-electron chi connectivity index (χ4n) is 3.89. The third-order valence-corrected chi connectivity index (χ3v) is 5.50. The largest absolute Gasteiger partial charge is 0.497 e. The van der Waals surface area contributed by atoms with Crippen molar-refractivity contribution >= 4 is 35.8 Å². The van der Waals surface area contributed by atoms with Gasteiger partial charge in [0.05, 0.1) is 19.7 Å². The number of likely N-dealkylation sites (tertiary alicyclic amines) is 1. The Labute approximate surface area is 207 Å². The van der Waals surface area contributed by atoms with E-state index in [1.54, 1.807) is 19.2 Å². The molecule has 7 nitrogen and oxygen atoms in total. The van der Waals surface area contributed by atoms with E-state index in [0.29, 0.717) is 12.1 Å². The number of hydrogen-bond acceptors (Lipinski definition) is 4. The number of amides is 1. The number of guanidine groups is 1. The maximum absolute atomic E-state index is 11.4. The van der Waals surface area contributed by atoms with Crippen LogP contribution >= 0.6 is 24.0 Å². The lowest BCUT2D eigenvalue weighted by Crippen LogP contribution is -2.42. The van der Waals surface area contributed by atoms with Gasteiger partial charge in [0, 0.05) is 18.7 Å². The fraction of sp³-hybridized carbons (Fsp3) is 0.417. The Balaban J connectivity index is 0.00000363. The second-order valence-corrected chi connectivity index (χ2v) is 7.68. The van der Waals surface area contributed by atoms with E-state index in [2.05, 4.69) is 27.7 Å². The number of nitrogens with two attached hydrogens (primary N) is 1. The second-order valence-electron chi connectivity index (χ2n) is 7.68. The molecular formula is C24H34IN5O2. The number of benzene rings is 2. The zero-order valence-electron chi connectivity index (χ0n) is 18.8. The number of rotatable bonds is 9. The summed E-state index contributed by atoms with van der Waals surface area (Å²) in [6.45, 7) is 6.20. The predicted molar refractivity (Wildman–Crippen MR) is 140 cm³/mol. The maximum atomic E-state index is 11.4. The highest BCUT2D eigenvalue weighted by Crippen LogP contribution is 2.27. The number of halogens is 1. The van der Waals surface area contributed by atoms with Crippen LogP contribution in [0.3, 0.4) is 0 Å². The zero-order chi connectivity index (χ0) is 22.1. The van der Waals surface area contributed by atoms with Gasteiger partial charge in [0.1, 0.15) is 5.75 Å². The van der Waals surface area contributed by atoms with Crippen molar-refractivity contribution in [2.24, 2.45) is 10.7 Å². The van der Waals surface area contributed by atoms with Crippen molar-refractivity contribution in [2.45, 2.75) is 32.4 Å². The summed E-state index contributed by atoms with van der Waals surface area (Å²) in [4.78, 5) is 18.7. The molecule has 4 N–H and O–H groups in total. The van der Waals surface area contributed by atoms with Crippen LogP contribution in [-0.4, -0.2) is 50.1 Å². The number of nitrogens with one attached hydrogen (secondary N) is 2. The van der Waals surface area contributed by atoms with Crippen molar-refractivity contribution in [1.82, 2.24) is 15.5 Å². The first-order chi connectivity index (χ1) is 15.1. The molecular weight excluding hydrogens is 517 g/mol. The summed E-state index contributed by atoms with van der Waals surface area (Å²) in [6.07, 6.45) is 2.45.